The Balaban J connectivity index is 1.68. The van der Waals surface area contributed by atoms with Crippen LogP contribution in [0.3, 0.4) is 0 Å². The van der Waals surface area contributed by atoms with Crippen LogP contribution in [0.1, 0.15) is 44.9 Å². The van der Waals surface area contributed by atoms with E-state index in [0.717, 1.165) is 58.2 Å². The molecule has 4 saturated heterocycles. The largest absolute Gasteiger partial charge is 0.633 e. The van der Waals surface area contributed by atoms with Gasteiger partial charge in [0.15, 0.2) is 0 Å². The van der Waals surface area contributed by atoms with Gasteiger partial charge in [-0.15, -0.1) is 0 Å². The van der Waals surface area contributed by atoms with E-state index < -0.39 is 0 Å². The smallest absolute Gasteiger partial charge is 0.231 e. The van der Waals surface area contributed by atoms with Crippen LogP contribution in [-0.2, 0) is 4.79 Å². The molecular formula is C15H24N2O2. The van der Waals surface area contributed by atoms with Crippen LogP contribution in [0.2, 0.25) is 0 Å². The minimum atomic E-state index is -0.0363. The van der Waals surface area contributed by atoms with Crippen LogP contribution in [0.5, 0.6) is 0 Å². The number of quaternary nitrogens is 1. The number of amides is 1. The van der Waals surface area contributed by atoms with Gasteiger partial charge in [0, 0.05) is 24.9 Å². The summed E-state index contributed by atoms with van der Waals surface area (Å²) in [7, 11) is 0. The molecule has 19 heavy (non-hydrogen) atoms. The van der Waals surface area contributed by atoms with Crippen LogP contribution in [0.4, 0.5) is 0 Å². The van der Waals surface area contributed by atoms with Crippen LogP contribution >= 0.6 is 0 Å². The van der Waals surface area contributed by atoms with Gasteiger partial charge in [-0.3, -0.25) is 4.79 Å². The van der Waals surface area contributed by atoms with E-state index in [2.05, 4.69) is 4.90 Å². The maximum Gasteiger partial charge on any atom is 0.231 e. The summed E-state index contributed by atoms with van der Waals surface area (Å²) in [5, 5.41) is 13.1. The first-order valence-corrected chi connectivity index (χ1v) is 8.07. The van der Waals surface area contributed by atoms with E-state index in [-0.39, 0.29) is 16.6 Å². The molecule has 4 rings (SSSR count). The summed E-state index contributed by atoms with van der Waals surface area (Å²) in [5.41, 5.74) is 0. The third-order valence-electron chi connectivity index (χ3n) is 6.15. The predicted molar refractivity (Wildman–Crippen MR) is 71.9 cm³/mol. The van der Waals surface area contributed by atoms with E-state index in [1.807, 2.05) is 0 Å². The first-order valence-electron chi connectivity index (χ1n) is 8.07. The molecule has 4 aliphatic heterocycles. The normalized spacial score (nSPS) is 49.5. The van der Waals surface area contributed by atoms with Gasteiger partial charge < -0.3 is 14.8 Å². The van der Waals surface area contributed by atoms with E-state index in [0.29, 0.717) is 17.9 Å². The Morgan fingerprint density at radius 3 is 2.89 bits per heavy atom. The van der Waals surface area contributed by atoms with Crippen molar-refractivity contribution in [3.8, 4) is 0 Å². The van der Waals surface area contributed by atoms with E-state index in [9.17, 15) is 10.0 Å². The highest BCUT2D eigenvalue weighted by Gasteiger charge is 2.55. The number of piperidine rings is 4. The molecular weight excluding hydrogens is 240 g/mol. The van der Waals surface area contributed by atoms with Crippen molar-refractivity contribution in [3.63, 3.8) is 0 Å². The average molecular weight is 264 g/mol. The fraction of sp³-hybridized carbons (Fsp3) is 0.933. The van der Waals surface area contributed by atoms with Gasteiger partial charge in [0.2, 0.25) is 5.91 Å². The first kappa shape index (κ1) is 12.2. The zero-order chi connectivity index (χ0) is 13.0. The van der Waals surface area contributed by atoms with Gasteiger partial charge >= 0.3 is 0 Å². The maximum absolute atomic E-state index is 13.1. The van der Waals surface area contributed by atoms with Crippen molar-refractivity contribution in [1.82, 2.24) is 4.90 Å². The van der Waals surface area contributed by atoms with Gasteiger partial charge in [-0.05, 0) is 38.5 Å². The average Bonchev–Trinajstić information content (AvgIpc) is 2.43. The summed E-state index contributed by atoms with van der Waals surface area (Å²) in [6.07, 6.45) is 7.71. The Hall–Kier alpha value is -0.610. The second kappa shape index (κ2) is 4.19. The molecule has 1 unspecified atom stereocenters. The van der Waals surface area contributed by atoms with Crippen molar-refractivity contribution in [3.05, 3.63) is 5.21 Å². The molecule has 0 aromatic heterocycles. The van der Waals surface area contributed by atoms with Gasteiger partial charge in [-0.1, -0.05) is 0 Å². The van der Waals surface area contributed by atoms with E-state index in [1.165, 1.54) is 6.42 Å². The fourth-order valence-electron chi connectivity index (χ4n) is 5.32. The molecule has 0 saturated carbocycles. The lowest BCUT2D eigenvalue weighted by molar-refractivity contribution is -0.923. The van der Waals surface area contributed by atoms with Crippen LogP contribution < -0.4 is 0 Å². The number of hydroxylamine groups is 3. The molecule has 0 N–H and O–H groups in total. The summed E-state index contributed by atoms with van der Waals surface area (Å²) >= 11 is 0. The Bertz CT molecular complexity index is 400. The molecule has 0 aromatic rings. The summed E-state index contributed by atoms with van der Waals surface area (Å²) in [4.78, 5) is 14.9. The van der Waals surface area contributed by atoms with Crippen molar-refractivity contribution < 1.29 is 9.44 Å². The van der Waals surface area contributed by atoms with Gasteiger partial charge in [0.25, 0.3) is 0 Å². The molecule has 0 radical (unpaired) electrons. The van der Waals surface area contributed by atoms with Crippen molar-refractivity contribution in [1.29, 1.82) is 0 Å². The van der Waals surface area contributed by atoms with Gasteiger partial charge in [0.05, 0.1) is 19.0 Å². The summed E-state index contributed by atoms with van der Waals surface area (Å²) in [5.74, 6) is 0.853. The minimum absolute atomic E-state index is 0.0363. The third kappa shape index (κ3) is 1.69. The van der Waals surface area contributed by atoms with E-state index >= 15 is 0 Å². The zero-order valence-corrected chi connectivity index (χ0v) is 11.6. The number of rotatable bonds is 0. The highest BCUT2D eigenvalue weighted by atomic mass is 16.5. The Labute approximate surface area is 114 Å². The topological polar surface area (TPSA) is 43.4 Å². The Morgan fingerprint density at radius 1 is 1.16 bits per heavy atom. The molecule has 0 spiro atoms. The quantitative estimate of drug-likeness (QED) is 0.495. The molecule has 0 aliphatic carbocycles. The molecule has 106 valence electrons. The first-order chi connectivity index (χ1) is 9.19. The van der Waals surface area contributed by atoms with Crippen LogP contribution in [-0.4, -0.2) is 47.2 Å². The second-order valence-electron chi connectivity index (χ2n) is 7.12. The number of hydrogen-bond donors (Lipinski definition) is 0. The SMILES string of the molecule is O=C1[C@@H]2C[C@@H](C[N+]3([O-])CCCC[C@H]23)[C@@H]2CCCCN12. The number of fused-ring (bicyclic) bond motifs is 6. The summed E-state index contributed by atoms with van der Waals surface area (Å²) in [6.45, 7) is 2.50. The lowest BCUT2D eigenvalue weighted by Crippen LogP contribution is -2.70. The fourth-order valence-corrected chi connectivity index (χ4v) is 5.32. The molecule has 4 fully saturated rings. The zero-order valence-electron chi connectivity index (χ0n) is 11.6. The van der Waals surface area contributed by atoms with Gasteiger partial charge in [0.1, 0.15) is 6.04 Å². The standard InChI is InChI=1S/C15H24N2O2/c18-15-12-9-11(13-5-1-3-7-16(13)15)10-17(19)8-4-2-6-14(12)17/h11-14H,1-10H2/t11-,12+,13-,14+,17?/m0/s1. The molecule has 2 bridgehead atoms. The maximum atomic E-state index is 13.1. The molecule has 0 aromatic carbocycles. The van der Waals surface area contributed by atoms with Crippen LogP contribution in [0.25, 0.3) is 0 Å². The summed E-state index contributed by atoms with van der Waals surface area (Å²) in [6, 6.07) is 0.477. The number of nitrogens with zero attached hydrogens (tertiary/aromatic N) is 2. The van der Waals surface area contributed by atoms with Crippen LogP contribution in [0, 0.1) is 17.0 Å². The highest BCUT2D eigenvalue weighted by molar-refractivity contribution is 5.81. The molecule has 4 heterocycles. The van der Waals surface area contributed by atoms with Crippen LogP contribution in [0.15, 0.2) is 0 Å². The van der Waals surface area contributed by atoms with Crippen molar-refractivity contribution in [2.45, 2.75) is 57.0 Å². The summed E-state index contributed by atoms with van der Waals surface area (Å²) < 4.78 is -0.0363. The van der Waals surface area contributed by atoms with Gasteiger partial charge in [-0.25, -0.2) is 0 Å². The number of hydrogen-bond acceptors (Lipinski definition) is 2. The number of carbonyl (C=O) groups excluding carboxylic acids is 1. The van der Waals surface area contributed by atoms with Crippen molar-refractivity contribution >= 4 is 5.91 Å². The Kier molecular flexibility index (Phi) is 2.68. The van der Waals surface area contributed by atoms with E-state index in [4.69, 9.17) is 0 Å². The van der Waals surface area contributed by atoms with Crippen molar-refractivity contribution in [2.75, 3.05) is 19.6 Å². The molecule has 5 atom stereocenters. The lowest BCUT2D eigenvalue weighted by atomic mass is 9.70. The molecule has 4 nitrogen and oxygen atoms in total. The minimum Gasteiger partial charge on any atom is -0.633 e. The number of carbonyl (C=O) groups is 1. The Morgan fingerprint density at radius 2 is 2.00 bits per heavy atom. The molecule has 1 amide bonds. The highest BCUT2D eigenvalue weighted by Crippen LogP contribution is 2.46. The molecule has 4 aliphatic rings. The third-order valence-corrected chi connectivity index (χ3v) is 6.15. The van der Waals surface area contributed by atoms with E-state index in [1.54, 1.807) is 0 Å². The second-order valence-corrected chi connectivity index (χ2v) is 7.12. The lowest BCUT2D eigenvalue weighted by Gasteiger charge is -2.62. The van der Waals surface area contributed by atoms with Gasteiger partial charge in [-0.2, -0.15) is 0 Å². The molecule has 4 heteroatoms. The van der Waals surface area contributed by atoms with Crippen molar-refractivity contribution in [2.24, 2.45) is 11.8 Å². The monoisotopic (exact) mass is 264 g/mol. The predicted octanol–water partition coefficient (Wildman–Crippen LogP) is 1.88.